The summed E-state index contributed by atoms with van der Waals surface area (Å²) in [7, 11) is 1.55. The normalized spacial score (nSPS) is 21.2. The number of hydrogen-bond donors (Lipinski definition) is 0. The van der Waals surface area contributed by atoms with Gasteiger partial charge < -0.3 is 9.64 Å². The van der Waals surface area contributed by atoms with Gasteiger partial charge in [-0.25, -0.2) is 19.8 Å². The van der Waals surface area contributed by atoms with E-state index in [0.717, 1.165) is 36.7 Å². The molecule has 1 fully saturated rings. The van der Waals surface area contributed by atoms with Crippen molar-refractivity contribution in [3.8, 4) is 0 Å². The van der Waals surface area contributed by atoms with E-state index in [0.29, 0.717) is 25.1 Å². The third-order valence-electron chi connectivity index (χ3n) is 4.37. The Bertz CT molecular complexity index is 698. The van der Waals surface area contributed by atoms with Gasteiger partial charge in [0.15, 0.2) is 0 Å². The highest BCUT2D eigenvalue weighted by Crippen LogP contribution is 2.21. The predicted octanol–water partition coefficient (Wildman–Crippen LogP) is 1.21. The third-order valence-corrected chi connectivity index (χ3v) is 4.37. The van der Waals surface area contributed by atoms with Gasteiger partial charge in [0.2, 0.25) is 5.91 Å². The summed E-state index contributed by atoms with van der Waals surface area (Å²) in [6.45, 7) is 5.29. The first-order chi connectivity index (χ1) is 11.9. The van der Waals surface area contributed by atoms with Crippen molar-refractivity contribution in [1.82, 2.24) is 15.0 Å². The van der Waals surface area contributed by atoms with E-state index >= 15 is 0 Å². The monoisotopic (exact) mass is 345 g/mol. The molecule has 2 aliphatic rings. The fraction of sp³-hybridized carbons (Fsp3) is 0.588. The van der Waals surface area contributed by atoms with Gasteiger partial charge in [-0.05, 0) is 26.7 Å². The molecule has 0 spiro atoms. The van der Waals surface area contributed by atoms with E-state index in [4.69, 9.17) is 4.74 Å². The first kappa shape index (κ1) is 17.3. The van der Waals surface area contributed by atoms with E-state index in [-0.39, 0.29) is 12.0 Å². The number of aryl methyl sites for hydroxylation is 2. The van der Waals surface area contributed by atoms with Crippen LogP contribution in [0.2, 0.25) is 0 Å². The Morgan fingerprint density at radius 1 is 1.28 bits per heavy atom. The Kier molecular flexibility index (Phi) is 4.96. The molecule has 8 nitrogen and oxygen atoms in total. The van der Waals surface area contributed by atoms with Crippen molar-refractivity contribution in [3.05, 3.63) is 17.6 Å². The molecule has 1 amide bonds. The first-order valence-electron chi connectivity index (χ1n) is 8.54. The fourth-order valence-electron chi connectivity index (χ4n) is 3.14. The van der Waals surface area contributed by atoms with Crippen molar-refractivity contribution >= 4 is 23.4 Å². The average molecular weight is 345 g/mol. The molecule has 1 atom stereocenters. The second kappa shape index (κ2) is 7.16. The number of nitrogens with zero attached hydrogens (tertiary/aromatic N) is 5. The highest BCUT2D eigenvalue weighted by Gasteiger charge is 2.28. The fourth-order valence-corrected chi connectivity index (χ4v) is 3.14. The number of anilines is 1. The molecule has 1 unspecified atom stereocenters. The van der Waals surface area contributed by atoms with Crippen molar-refractivity contribution < 1.29 is 14.3 Å². The van der Waals surface area contributed by atoms with Crippen LogP contribution in [0, 0.1) is 13.8 Å². The van der Waals surface area contributed by atoms with Crippen LogP contribution in [0.5, 0.6) is 0 Å². The maximum atomic E-state index is 12.3. The number of ether oxygens (including phenoxy) is 1. The molecule has 0 radical (unpaired) electrons. The Balaban J connectivity index is 1.64. The van der Waals surface area contributed by atoms with Crippen LogP contribution in [-0.2, 0) is 14.3 Å². The summed E-state index contributed by atoms with van der Waals surface area (Å²) in [6.07, 6.45) is 2.16. The molecule has 0 bridgehead atoms. The lowest BCUT2D eigenvalue weighted by atomic mass is 10.1. The van der Waals surface area contributed by atoms with Crippen LogP contribution in [0.1, 0.15) is 37.2 Å². The number of esters is 1. The van der Waals surface area contributed by atoms with Gasteiger partial charge in [-0.15, -0.1) is 0 Å². The smallest absolute Gasteiger partial charge is 0.354 e. The van der Waals surface area contributed by atoms with Gasteiger partial charge in [0.25, 0.3) is 0 Å². The largest absolute Gasteiger partial charge is 0.456 e. The number of piperidine rings is 1. The molecule has 0 saturated carbocycles. The van der Waals surface area contributed by atoms with E-state index < -0.39 is 5.97 Å². The molecule has 1 aromatic heterocycles. The number of hydrazone groups is 1. The number of rotatable bonds is 3. The van der Waals surface area contributed by atoms with Crippen LogP contribution in [0.15, 0.2) is 11.2 Å². The second-order valence-corrected chi connectivity index (χ2v) is 6.49. The van der Waals surface area contributed by atoms with E-state index in [1.54, 1.807) is 7.05 Å². The SMILES string of the molecule is Cc1cc(N2CCCC(OC(=O)C3=NN(C)C(=O)CC3)C2)nc(C)n1. The number of carbonyl (C=O) groups excluding carboxylic acids is 2. The molecular weight excluding hydrogens is 322 g/mol. The van der Waals surface area contributed by atoms with Gasteiger partial charge in [-0.1, -0.05) is 0 Å². The zero-order chi connectivity index (χ0) is 18.0. The second-order valence-electron chi connectivity index (χ2n) is 6.49. The molecule has 2 aliphatic heterocycles. The average Bonchev–Trinajstić information content (AvgIpc) is 2.56. The minimum Gasteiger partial charge on any atom is -0.456 e. The molecule has 3 rings (SSSR count). The van der Waals surface area contributed by atoms with Crippen molar-refractivity contribution in [3.63, 3.8) is 0 Å². The maximum Gasteiger partial charge on any atom is 0.354 e. The quantitative estimate of drug-likeness (QED) is 0.765. The zero-order valence-corrected chi connectivity index (χ0v) is 14.9. The van der Waals surface area contributed by atoms with Crippen molar-refractivity contribution in [2.45, 2.75) is 45.6 Å². The third kappa shape index (κ3) is 4.12. The van der Waals surface area contributed by atoms with E-state index in [1.165, 1.54) is 5.01 Å². The number of carbonyl (C=O) groups is 2. The van der Waals surface area contributed by atoms with Gasteiger partial charge in [0.1, 0.15) is 23.5 Å². The highest BCUT2D eigenvalue weighted by atomic mass is 16.5. The molecule has 0 aliphatic carbocycles. The van der Waals surface area contributed by atoms with Gasteiger partial charge >= 0.3 is 5.97 Å². The number of hydrogen-bond acceptors (Lipinski definition) is 7. The van der Waals surface area contributed by atoms with E-state index in [2.05, 4.69) is 20.0 Å². The standard InChI is InChI=1S/C17H23N5O3/c1-11-9-15(19-12(2)18-11)22-8-4-5-13(10-22)25-17(24)14-6-7-16(23)21(3)20-14/h9,13H,4-8,10H2,1-3H3. The summed E-state index contributed by atoms with van der Waals surface area (Å²) in [4.78, 5) is 34.7. The van der Waals surface area contributed by atoms with Crippen molar-refractivity contribution in [2.75, 3.05) is 25.0 Å². The van der Waals surface area contributed by atoms with Crippen LogP contribution < -0.4 is 4.90 Å². The summed E-state index contributed by atoms with van der Waals surface area (Å²) in [5.74, 6) is 1.08. The van der Waals surface area contributed by atoms with E-state index in [9.17, 15) is 9.59 Å². The summed E-state index contributed by atoms with van der Waals surface area (Å²) in [5.41, 5.74) is 1.24. The lowest BCUT2D eigenvalue weighted by Gasteiger charge is -2.33. The van der Waals surface area contributed by atoms with Gasteiger partial charge in [0, 0.05) is 38.2 Å². The summed E-state index contributed by atoms with van der Waals surface area (Å²) >= 11 is 0. The molecule has 3 heterocycles. The predicted molar refractivity (Wildman–Crippen MR) is 92.3 cm³/mol. The lowest BCUT2D eigenvalue weighted by Crippen LogP contribution is -2.42. The van der Waals surface area contributed by atoms with E-state index in [1.807, 2.05) is 19.9 Å². The van der Waals surface area contributed by atoms with Gasteiger partial charge in [-0.2, -0.15) is 5.10 Å². The molecule has 1 aromatic rings. The lowest BCUT2D eigenvalue weighted by molar-refractivity contribution is -0.141. The van der Waals surface area contributed by atoms with Crippen LogP contribution in [0.3, 0.4) is 0 Å². The summed E-state index contributed by atoms with van der Waals surface area (Å²) < 4.78 is 5.63. The van der Waals surface area contributed by atoms with Gasteiger partial charge in [0.05, 0.1) is 6.54 Å². The minimum absolute atomic E-state index is 0.0881. The summed E-state index contributed by atoms with van der Waals surface area (Å²) in [5, 5.41) is 5.23. The number of aromatic nitrogens is 2. The van der Waals surface area contributed by atoms with Gasteiger partial charge in [-0.3, -0.25) is 4.79 Å². The molecule has 134 valence electrons. The summed E-state index contributed by atoms with van der Waals surface area (Å²) in [6, 6.07) is 1.95. The molecule has 8 heteroatoms. The van der Waals surface area contributed by atoms with Crippen LogP contribution in [0.4, 0.5) is 5.82 Å². The zero-order valence-electron chi connectivity index (χ0n) is 14.9. The molecule has 0 N–H and O–H groups in total. The van der Waals surface area contributed by atoms with Crippen molar-refractivity contribution in [2.24, 2.45) is 5.10 Å². The first-order valence-corrected chi connectivity index (χ1v) is 8.54. The van der Waals surface area contributed by atoms with Crippen LogP contribution >= 0.6 is 0 Å². The Morgan fingerprint density at radius 3 is 2.80 bits per heavy atom. The Labute approximate surface area is 146 Å². The maximum absolute atomic E-state index is 12.3. The number of amides is 1. The Hall–Kier alpha value is -2.51. The molecule has 1 saturated heterocycles. The molecular formula is C17H23N5O3. The van der Waals surface area contributed by atoms with Crippen LogP contribution in [0.25, 0.3) is 0 Å². The molecule has 0 aromatic carbocycles. The molecule has 25 heavy (non-hydrogen) atoms. The topological polar surface area (TPSA) is 88.0 Å². The highest BCUT2D eigenvalue weighted by molar-refractivity contribution is 6.37. The minimum atomic E-state index is -0.429. The van der Waals surface area contributed by atoms with Crippen molar-refractivity contribution in [1.29, 1.82) is 0 Å². The Morgan fingerprint density at radius 2 is 2.08 bits per heavy atom. The van der Waals surface area contributed by atoms with Crippen LogP contribution in [-0.4, -0.2) is 58.8 Å².